The van der Waals surface area contributed by atoms with E-state index < -0.39 is 0 Å². The van der Waals surface area contributed by atoms with Gasteiger partial charge in [-0.15, -0.1) is 0 Å². The smallest absolute Gasteiger partial charge is 0.0951 e. The Morgan fingerprint density at radius 1 is 1.39 bits per heavy atom. The van der Waals surface area contributed by atoms with E-state index in [9.17, 15) is 0 Å². The van der Waals surface area contributed by atoms with Crippen LogP contribution in [-0.4, -0.2) is 22.1 Å². The van der Waals surface area contributed by atoms with E-state index in [0.29, 0.717) is 6.04 Å². The molecule has 1 unspecified atom stereocenters. The number of nitrogens with one attached hydrogen (secondary N) is 1. The molecule has 1 fully saturated rings. The summed E-state index contributed by atoms with van der Waals surface area (Å²) in [5, 5.41) is 3.54. The van der Waals surface area contributed by atoms with Crippen LogP contribution in [0.1, 0.15) is 18.4 Å². The molecule has 1 saturated heterocycles. The van der Waals surface area contributed by atoms with Gasteiger partial charge in [0.1, 0.15) is 0 Å². The highest BCUT2D eigenvalue weighted by atomic mass is 15.1. The number of aryl methyl sites for hydroxylation is 1. The minimum atomic E-state index is 0.599. The predicted octanol–water partition coefficient (Wildman–Crippen LogP) is 2.61. The van der Waals surface area contributed by atoms with Crippen LogP contribution in [0.25, 0.3) is 11.3 Å². The first-order chi connectivity index (χ1) is 8.84. The summed E-state index contributed by atoms with van der Waals surface area (Å²) in [6.45, 7) is 4.32. The van der Waals surface area contributed by atoms with Gasteiger partial charge in [0.25, 0.3) is 0 Å². The van der Waals surface area contributed by atoms with Crippen LogP contribution in [-0.2, 0) is 6.54 Å². The second-order valence-electron chi connectivity index (χ2n) is 5.04. The third kappa shape index (κ3) is 2.18. The summed E-state index contributed by atoms with van der Waals surface area (Å²) in [6, 6.07) is 9.10. The van der Waals surface area contributed by atoms with Gasteiger partial charge in [0, 0.05) is 18.2 Å². The molecule has 3 heteroatoms. The minimum Gasteiger partial charge on any atom is -0.329 e. The quantitative estimate of drug-likeness (QED) is 0.895. The molecule has 2 heterocycles. The number of imidazole rings is 1. The number of benzene rings is 1. The Labute approximate surface area is 108 Å². The van der Waals surface area contributed by atoms with Crippen molar-refractivity contribution in [2.24, 2.45) is 0 Å². The third-order valence-corrected chi connectivity index (χ3v) is 3.71. The third-order valence-electron chi connectivity index (χ3n) is 3.71. The van der Waals surface area contributed by atoms with Gasteiger partial charge in [-0.1, -0.05) is 24.3 Å². The van der Waals surface area contributed by atoms with Crippen molar-refractivity contribution in [3.8, 4) is 11.3 Å². The van der Waals surface area contributed by atoms with E-state index >= 15 is 0 Å². The second-order valence-corrected chi connectivity index (χ2v) is 5.04. The van der Waals surface area contributed by atoms with Crippen LogP contribution in [0.3, 0.4) is 0 Å². The zero-order chi connectivity index (χ0) is 12.4. The average molecular weight is 241 g/mol. The fourth-order valence-electron chi connectivity index (χ4n) is 2.70. The highest BCUT2D eigenvalue weighted by molar-refractivity contribution is 5.63. The van der Waals surface area contributed by atoms with Gasteiger partial charge in [-0.2, -0.15) is 0 Å². The standard InChI is InChI=1S/C15H19N3/c1-12-5-2-3-7-14(12)15-9-16-11-18(15)10-13-6-4-8-17-13/h2-3,5,7,9,11,13,17H,4,6,8,10H2,1H3. The zero-order valence-electron chi connectivity index (χ0n) is 10.8. The Kier molecular flexibility index (Phi) is 3.15. The molecule has 0 bridgehead atoms. The van der Waals surface area contributed by atoms with Crippen molar-refractivity contribution < 1.29 is 0 Å². The molecular formula is C15H19N3. The van der Waals surface area contributed by atoms with E-state index in [1.165, 1.54) is 29.7 Å². The summed E-state index contributed by atoms with van der Waals surface area (Å²) in [7, 11) is 0. The molecule has 0 saturated carbocycles. The number of nitrogens with zero attached hydrogens (tertiary/aromatic N) is 2. The Morgan fingerprint density at radius 2 is 2.28 bits per heavy atom. The van der Waals surface area contributed by atoms with Crippen molar-refractivity contribution >= 4 is 0 Å². The first kappa shape index (κ1) is 11.5. The Balaban J connectivity index is 1.89. The molecule has 1 aromatic carbocycles. The summed E-state index contributed by atoms with van der Waals surface area (Å²) >= 11 is 0. The van der Waals surface area contributed by atoms with Gasteiger partial charge in [0.15, 0.2) is 0 Å². The number of aromatic nitrogens is 2. The molecule has 1 aliphatic heterocycles. The van der Waals surface area contributed by atoms with Crippen LogP contribution in [0.2, 0.25) is 0 Å². The summed E-state index contributed by atoms with van der Waals surface area (Å²) in [5.41, 5.74) is 3.81. The molecule has 94 valence electrons. The number of hydrogen-bond acceptors (Lipinski definition) is 2. The maximum atomic E-state index is 4.32. The molecule has 1 aromatic heterocycles. The van der Waals surface area contributed by atoms with Crippen molar-refractivity contribution in [3.05, 3.63) is 42.4 Å². The van der Waals surface area contributed by atoms with E-state index in [2.05, 4.69) is 46.1 Å². The van der Waals surface area contributed by atoms with Crippen LogP contribution < -0.4 is 5.32 Å². The molecule has 0 spiro atoms. The molecule has 3 nitrogen and oxygen atoms in total. The van der Waals surface area contributed by atoms with E-state index in [1.54, 1.807) is 0 Å². The SMILES string of the molecule is Cc1ccccc1-c1cncn1CC1CCCN1. The molecule has 18 heavy (non-hydrogen) atoms. The van der Waals surface area contributed by atoms with Gasteiger partial charge < -0.3 is 9.88 Å². The van der Waals surface area contributed by atoms with E-state index in [0.717, 1.165) is 13.1 Å². The molecule has 0 aliphatic carbocycles. The molecule has 3 rings (SSSR count). The lowest BCUT2D eigenvalue weighted by Crippen LogP contribution is -2.26. The molecule has 1 N–H and O–H groups in total. The van der Waals surface area contributed by atoms with E-state index in [-0.39, 0.29) is 0 Å². The van der Waals surface area contributed by atoms with Crippen LogP contribution in [0, 0.1) is 6.92 Å². The summed E-state index contributed by atoms with van der Waals surface area (Å²) in [6.07, 6.45) is 6.48. The van der Waals surface area contributed by atoms with E-state index in [4.69, 9.17) is 0 Å². The summed E-state index contributed by atoms with van der Waals surface area (Å²) < 4.78 is 2.27. The Hall–Kier alpha value is -1.61. The molecule has 1 aliphatic rings. The van der Waals surface area contributed by atoms with E-state index in [1.807, 2.05) is 12.5 Å². The first-order valence-electron chi connectivity index (χ1n) is 6.64. The predicted molar refractivity (Wildman–Crippen MR) is 73.4 cm³/mol. The molecule has 1 atom stereocenters. The van der Waals surface area contributed by atoms with Crippen molar-refractivity contribution in [2.75, 3.05) is 6.54 Å². The number of rotatable bonds is 3. The minimum absolute atomic E-state index is 0.599. The van der Waals surface area contributed by atoms with Crippen LogP contribution in [0.15, 0.2) is 36.8 Å². The Morgan fingerprint density at radius 3 is 3.06 bits per heavy atom. The summed E-state index contributed by atoms with van der Waals surface area (Å²) in [5.74, 6) is 0. The first-order valence-corrected chi connectivity index (χ1v) is 6.64. The highest BCUT2D eigenvalue weighted by Gasteiger charge is 2.16. The molecule has 2 aromatic rings. The van der Waals surface area contributed by atoms with Crippen molar-refractivity contribution in [3.63, 3.8) is 0 Å². The molecule has 0 radical (unpaired) electrons. The normalized spacial score (nSPS) is 19.3. The van der Waals surface area contributed by atoms with Crippen LogP contribution in [0.4, 0.5) is 0 Å². The van der Waals surface area contributed by atoms with Crippen LogP contribution in [0.5, 0.6) is 0 Å². The lowest BCUT2D eigenvalue weighted by atomic mass is 10.1. The number of hydrogen-bond donors (Lipinski definition) is 1. The fraction of sp³-hybridized carbons (Fsp3) is 0.400. The highest BCUT2D eigenvalue weighted by Crippen LogP contribution is 2.23. The monoisotopic (exact) mass is 241 g/mol. The molecular weight excluding hydrogens is 222 g/mol. The van der Waals surface area contributed by atoms with Crippen molar-refractivity contribution in [1.82, 2.24) is 14.9 Å². The van der Waals surface area contributed by atoms with Gasteiger partial charge in [-0.25, -0.2) is 4.98 Å². The zero-order valence-corrected chi connectivity index (χ0v) is 10.8. The van der Waals surface area contributed by atoms with Gasteiger partial charge in [0.2, 0.25) is 0 Å². The Bertz CT molecular complexity index is 524. The maximum absolute atomic E-state index is 4.32. The second kappa shape index (κ2) is 4.94. The lowest BCUT2D eigenvalue weighted by molar-refractivity contribution is 0.511. The topological polar surface area (TPSA) is 29.9 Å². The lowest BCUT2D eigenvalue weighted by Gasteiger charge is -2.14. The van der Waals surface area contributed by atoms with Gasteiger partial charge in [0.05, 0.1) is 18.2 Å². The molecule has 0 amide bonds. The van der Waals surface area contributed by atoms with Gasteiger partial charge in [-0.05, 0) is 31.9 Å². The van der Waals surface area contributed by atoms with Gasteiger partial charge in [-0.3, -0.25) is 0 Å². The maximum Gasteiger partial charge on any atom is 0.0951 e. The van der Waals surface area contributed by atoms with Crippen LogP contribution >= 0.6 is 0 Å². The van der Waals surface area contributed by atoms with Crippen molar-refractivity contribution in [1.29, 1.82) is 0 Å². The summed E-state index contributed by atoms with van der Waals surface area (Å²) in [4.78, 5) is 4.32. The fourth-order valence-corrected chi connectivity index (χ4v) is 2.70. The van der Waals surface area contributed by atoms with Crippen molar-refractivity contribution in [2.45, 2.75) is 32.4 Å². The van der Waals surface area contributed by atoms with Gasteiger partial charge >= 0.3 is 0 Å². The largest absolute Gasteiger partial charge is 0.329 e. The average Bonchev–Trinajstić information content (AvgIpc) is 3.02.